The molecule has 2 N–H and O–H groups in total. The highest BCUT2D eigenvalue weighted by Crippen LogP contribution is 2.17. The molecule has 0 aliphatic carbocycles. The molecule has 7 heteroatoms. The Hall–Kier alpha value is -2.83. The van der Waals surface area contributed by atoms with Crippen LogP contribution in [0.1, 0.15) is 23.0 Å². The number of aromatic nitrogens is 1. The summed E-state index contributed by atoms with van der Waals surface area (Å²) >= 11 is 0. The summed E-state index contributed by atoms with van der Waals surface area (Å²) in [7, 11) is 0. The van der Waals surface area contributed by atoms with E-state index in [1.54, 1.807) is 19.1 Å². The summed E-state index contributed by atoms with van der Waals surface area (Å²) in [6.07, 6.45) is -1.05. The van der Waals surface area contributed by atoms with Crippen molar-refractivity contribution in [1.29, 1.82) is 0 Å². The second kappa shape index (κ2) is 6.08. The van der Waals surface area contributed by atoms with Crippen LogP contribution >= 0.6 is 0 Å². The fourth-order valence-corrected chi connectivity index (χ4v) is 1.58. The lowest BCUT2D eigenvalue weighted by Crippen LogP contribution is -2.30. The number of hydrogen-bond donors (Lipinski definition) is 2. The van der Waals surface area contributed by atoms with Crippen LogP contribution in [0.4, 0.5) is 5.82 Å². The average molecular weight is 290 g/mol. The maximum Gasteiger partial charge on any atom is 0.342 e. The first kappa shape index (κ1) is 14.6. The smallest absolute Gasteiger partial charge is 0.342 e. The molecule has 0 saturated heterocycles. The van der Waals surface area contributed by atoms with Crippen LogP contribution in [0.3, 0.4) is 0 Å². The molecule has 0 aliphatic heterocycles. The summed E-state index contributed by atoms with van der Waals surface area (Å²) in [4.78, 5) is 23.7. The van der Waals surface area contributed by atoms with Gasteiger partial charge < -0.3 is 19.7 Å². The first-order valence-electron chi connectivity index (χ1n) is 6.20. The highest BCUT2D eigenvalue weighted by atomic mass is 16.5. The van der Waals surface area contributed by atoms with Crippen molar-refractivity contribution in [2.45, 2.75) is 20.0 Å². The number of ether oxygens (including phenoxy) is 1. The molecule has 1 atom stereocenters. The second-order valence-corrected chi connectivity index (χ2v) is 4.38. The number of amides is 1. The number of esters is 1. The van der Waals surface area contributed by atoms with E-state index in [2.05, 4.69) is 10.5 Å². The van der Waals surface area contributed by atoms with Crippen LogP contribution in [0.25, 0.3) is 0 Å². The van der Waals surface area contributed by atoms with Crippen molar-refractivity contribution in [3.63, 3.8) is 0 Å². The van der Waals surface area contributed by atoms with E-state index in [0.29, 0.717) is 5.76 Å². The van der Waals surface area contributed by atoms with Gasteiger partial charge in [-0.15, -0.1) is 0 Å². The molecule has 1 amide bonds. The van der Waals surface area contributed by atoms with Crippen molar-refractivity contribution in [2.24, 2.45) is 0 Å². The van der Waals surface area contributed by atoms with Gasteiger partial charge in [0.1, 0.15) is 17.1 Å². The number of aromatic hydroxyl groups is 1. The lowest BCUT2D eigenvalue weighted by Gasteiger charge is -2.12. The second-order valence-electron chi connectivity index (χ2n) is 4.38. The Morgan fingerprint density at radius 1 is 1.38 bits per heavy atom. The molecule has 21 heavy (non-hydrogen) atoms. The predicted octanol–water partition coefficient (Wildman–Crippen LogP) is 1.87. The molecule has 0 radical (unpaired) electrons. The molecule has 1 aromatic heterocycles. The number of carbonyl (C=O) groups is 2. The molecule has 0 aliphatic rings. The molecule has 7 nitrogen and oxygen atoms in total. The quantitative estimate of drug-likeness (QED) is 0.833. The Balaban J connectivity index is 1.97. The van der Waals surface area contributed by atoms with Crippen molar-refractivity contribution >= 4 is 17.7 Å². The minimum atomic E-state index is -1.05. The van der Waals surface area contributed by atoms with Crippen molar-refractivity contribution < 1.29 is 24.0 Å². The Morgan fingerprint density at radius 3 is 2.71 bits per heavy atom. The summed E-state index contributed by atoms with van der Waals surface area (Å²) in [5.41, 5.74) is -0.00516. The van der Waals surface area contributed by atoms with Gasteiger partial charge in [-0.2, -0.15) is 0 Å². The number of phenols is 1. The number of hydrogen-bond acceptors (Lipinski definition) is 6. The van der Waals surface area contributed by atoms with Crippen molar-refractivity contribution in [1.82, 2.24) is 5.16 Å². The van der Waals surface area contributed by atoms with Crippen molar-refractivity contribution in [3.05, 3.63) is 41.7 Å². The number of nitrogens with zero attached hydrogens (tertiary/aromatic N) is 1. The van der Waals surface area contributed by atoms with Gasteiger partial charge in [-0.3, -0.25) is 4.79 Å². The fraction of sp³-hybridized carbons (Fsp3) is 0.214. The molecule has 110 valence electrons. The normalized spacial score (nSPS) is 11.7. The monoisotopic (exact) mass is 290 g/mol. The van der Waals surface area contributed by atoms with E-state index in [0.717, 1.165) is 0 Å². The topological polar surface area (TPSA) is 102 Å². The van der Waals surface area contributed by atoms with Crippen LogP contribution < -0.4 is 5.32 Å². The van der Waals surface area contributed by atoms with Gasteiger partial charge in [0.15, 0.2) is 11.9 Å². The van der Waals surface area contributed by atoms with E-state index in [4.69, 9.17) is 9.26 Å². The summed E-state index contributed by atoms with van der Waals surface area (Å²) in [6.45, 7) is 3.10. The molecular weight excluding hydrogens is 276 g/mol. The molecule has 0 fully saturated rings. The average Bonchev–Trinajstić information content (AvgIpc) is 2.84. The van der Waals surface area contributed by atoms with Crippen LogP contribution in [0.5, 0.6) is 5.75 Å². The van der Waals surface area contributed by atoms with E-state index in [-0.39, 0.29) is 17.1 Å². The number of benzene rings is 1. The third-order valence-electron chi connectivity index (χ3n) is 2.66. The molecule has 1 heterocycles. The van der Waals surface area contributed by atoms with Crippen molar-refractivity contribution in [2.75, 3.05) is 5.32 Å². The lowest BCUT2D eigenvalue weighted by molar-refractivity contribution is -0.123. The Labute approximate surface area is 120 Å². The van der Waals surface area contributed by atoms with Crippen molar-refractivity contribution in [3.8, 4) is 5.75 Å². The molecule has 0 bridgehead atoms. The zero-order chi connectivity index (χ0) is 15.4. The first-order valence-corrected chi connectivity index (χ1v) is 6.20. The van der Waals surface area contributed by atoms with E-state index < -0.39 is 18.0 Å². The molecular formula is C14H14N2O5. The fourth-order valence-electron chi connectivity index (χ4n) is 1.58. The number of phenolic OH excluding ortho intramolecular Hbond substituents is 1. The van der Waals surface area contributed by atoms with Gasteiger partial charge in [0, 0.05) is 6.07 Å². The number of aryl methyl sites for hydroxylation is 1. The minimum Gasteiger partial charge on any atom is -0.507 e. The van der Waals surface area contributed by atoms with Crippen LogP contribution in [0.2, 0.25) is 0 Å². The standard InChI is InChI=1S/C14H14N2O5/c1-8-7-12(16-21-8)15-13(18)9(2)20-14(19)10-5-3-4-6-11(10)17/h3-7,9,17H,1-2H3,(H,15,16,18)/t9-/m1/s1. The van der Waals surface area contributed by atoms with Gasteiger partial charge >= 0.3 is 5.97 Å². The number of carbonyl (C=O) groups excluding carboxylic acids is 2. The summed E-state index contributed by atoms with van der Waals surface area (Å²) < 4.78 is 9.79. The third kappa shape index (κ3) is 3.59. The third-order valence-corrected chi connectivity index (χ3v) is 2.66. The van der Waals surface area contributed by atoms with Gasteiger partial charge in [0.2, 0.25) is 0 Å². The van der Waals surface area contributed by atoms with Gasteiger partial charge in [-0.1, -0.05) is 17.3 Å². The van der Waals surface area contributed by atoms with Gasteiger partial charge in [0.25, 0.3) is 5.91 Å². The molecule has 1 aromatic carbocycles. The molecule has 0 unspecified atom stereocenters. The van der Waals surface area contributed by atoms with E-state index >= 15 is 0 Å². The number of nitrogens with one attached hydrogen (secondary N) is 1. The Kier molecular flexibility index (Phi) is 4.22. The number of para-hydroxylation sites is 1. The van der Waals surface area contributed by atoms with E-state index in [1.807, 2.05) is 0 Å². The Morgan fingerprint density at radius 2 is 2.10 bits per heavy atom. The van der Waals surface area contributed by atoms with Gasteiger partial charge in [-0.25, -0.2) is 4.79 Å². The van der Waals surface area contributed by atoms with E-state index in [1.165, 1.54) is 25.1 Å². The zero-order valence-corrected chi connectivity index (χ0v) is 11.5. The summed E-state index contributed by atoms with van der Waals surface area (Å²) in [5.74, 6) is -0.756. The highest BCUT2D eigenvalue weighted by molar-refractivity contribution is 5.97. The van der Waals surface area contributed by atoms with Crippen LogP contribution in [0.15, 0.2) is 34.9 Å². The van der Waals surface area contributed by atoms with Crippen LogP contribution in [0, 0.1) is 6.92 Å². The SMILES string of the molecule is Cc1cc(NC(=O)[C@@H](C)OC(=O)c2ccccc2O)no1. The number of rotatable bonds is 4. The highest BCUT2D eigenvalue weighted by Gasteiger charge is 2.21. The molecule has 0 saturated carbocycles. The molecule has 2 rings (SSSR count). The van der Waals surface area contributed by atoms with E-state index in [9.17, 15) is 14.7 Å². The minimum absolute atomic E-state index is 0.00516. The zero-order valence-electron chi connectivity index (χ0n) is 11.5. The molecule has 2 aromatic rings. The van der Waals surface area contributed by atoms with Gasteiger partial charge in [-0.05, 0) is 26.0 Å². The maximum absolute atomic E-state index is 11.8. The predicted molar refractivity (Wildman–Crippen MR) is 72.9 cm³/mol. The summed E-state index contributed by atoms with van der Waals surface area (Å²) in [6, 6.07) is 7.46. The maximum atomic E-state index is 11.8. The Bertz CT molecular complexity index is 665. The lowest BCUT2D eigenvalue weighted by atomic mass is 10.2. The molecule has 0 spiro atoms. The van der Waals surface area contributed by atoms with Crippen LogP contribution in [-0.2, 0) is 9.53 Å². The largest absolute Gasteiger partial charge is 0.507 e. The van der Waals surface area contributed by atoms with Crippen LogP contribution in [-0.4, -0.2) is 28.2 Å². The first-order chi connectivity index (χ1) is 9.97. The van der Waals surface area contributed by atoms with Gasteiger partial charge in [0.05, 0.1) is 0 Å². The number of anilines is 1. The summed E-state index contributed by atoms with van der Waals surface area (Å²) in [5, 5.41) is 15.6.